The molecule has 0 saturated carbocycles. The number of fused-ring (bicyclic) bond motifs is 1. The Hall–Kier alpha value is -1.49. The second-order valence-electron chi connectivity index (χ2n) is 6.23. The molecule has 1 aromatic heterocycles. The van der Waals surface area contributed by atoms with Gasteiger partial charge >= 0.3 is 6.09 Å². The number of ether oxygens (including phenoxy) is 1. The van der Waals surface area contributed by atoms with E-state index in [4.69, 9.17) is 9.84 Å². The number of rotatable bonds is 4. The number of carbonyl (C=O) groups is 1. The highest BCUT2D eigenvalue weighted by Crippen LogP contribution is 2.30. The van der Waals surface area contributed by atoms with Crippen LogP contribution in [0.1, 0.15) is 32.0 Å². The first-order valence-electron chi connectivity index (χ1n) is 7.42. The molecule has 2 aromatic rings. The molecule has 24 heavy (non-hydrogen) atoms. The number of aromatic nitrogens is 1. The third kappa shape index (κ3) is 4.32. The van der Waals surface area contributed by atoms with Crippen molar-refractivity contribution >= 4 is 44.7 Å². The van der Waals surface area contributed by atoms with Crippen LogP contribution in [0.3, 0.4) is 0 Å². The summed E-state index contributed by atoms with van der Waals surface area (Å²) in [5.74, 6) is 1.11. The number of hydrogen-bond donors (Lipinski definition) is 1. The van der Waals surface area contributed by atoms with E-state index in [0.29, 0.717) is 22.6 Å². The summed E-state index contributed by atoms with van der Waals surface area (Å²) in [4.78, 5) is 12.7. The molecule has 0 unspecified atom stereocenters. The van der Waals surface area contributed by atoms with Gasteiger partial charge in [0.1, 0.15) is 11.7 Å². The number of halogens is 1. The number of carbonyl (C=O) groups excluding carboxylic acids is 1. The molecular weight excluding hydrogens is 392 g/mol. The van der Waals surface area contributed by atoms with Gasteiger partial charge in [-0.15, -0.1) is 0 Å². The number of aliphatic hydroxyl groups excluding tert-OH is 1. The van der Waals surface area contributed by atoms with E-state index in [1.165, 1.54) is 16.3 Å². The van der Waals surface area contributed by atoms with Crippen LogP contribution >= 0.6 is 27.7 Å². The van der Waals surface area contributed by atoms with E-state index in [9.17, 15) is 10.1 Å². The van der Waals surface area contributed by atoms with Crippen molar-refractivity contribution in [2.45, 2.75) is 32.1 Å². The summed E-state index contributed by atoms with van der Waals surface area (Å²) in [7, 11) is 0. The van der Waals surface area contributed by atoms with Crippen molar-refractivity contribution in [1.82, 2.24) is 4.57 Å². The molecule has 0 aliphatic rings. The van der Waals surface area contributed by atoms with Crippen molar-refractivity contribution in [3.63, 3.8) is 0 Å². The summed E-state index contributed by atoms with van der Waals surface area (Å²) in [6.45, 7) is 5.49. The zero-order chi connectivity index (χ0) is 17.9. The molecule has 0 saturated heterocycles. The molecule has 0 bridgehead atoms. The second-order valence-corrected chi connectivity index (χ2v) is 8.25. The maximum atomic E-state index is 12.7. The fourth-order valence-electron chi connectivity index (χ4n) is 2.32. The molecular formula is C17H19BrN2O3S. The van der Waals surface area contributed by atoms with Gasteiger partial charge in [-0.05, 0) is 39.0 Å². The lowest BCUT2D eigenvalue weighted by Gasteiger charge is -2.21. The van der Waals surface area contributed by atoms with Gasteiger partial charge in [-0.3, -0.25) is 0 Å². The molecule has 0 atom stereocenters. The van der Waals surface area contributed by atoms with E-state index in [-0.39, 0.29) is 6.61 Å². The van der Waals surface area contributed by atoms with Crippen LogP contribution in [0.2, 0.25) is 0 Å². The number of benzene rings is 1. The molecule has 0 aliphatic heterocycles. The molecule has 0 spiro atoms. The minimum Gasteiger partial charge on any atom is -0.443 e. The van der Waals surface area contributed by atoms with Gasteiger partial charge in [0.2, 0.25) is 0 Å². The van der Waals surface area contributed by atoms with Crippen molar-refractivity contribution < 1.29 is 14.6 Å². The van der Waals surface area contributed by atoms with Gasteiger partial charge in [0.25, 0.3) is 0 Å². The Morgan fingerprint density at radius 2 is 2.12 bits per heavy atom. The molecule has 0 amide bonds. The van der Waals surface area contributed by atoms with E-state index >= 15 is 0 Å². The average Bonchev–Trinajstić information content (AvgIpc) is 2.83. The van der Waals surface area contributed by atoms with Crippen molar-refractivity contribution in [2.24, 2.45) is 0 Å². The van der Waals surface area contributed by atoms with E-state index < -0.39 is 11.7 Å². The third-order valence-electron chi connectivity index (χ3n) is 3.12. The maximum absolute atomic E-state index is 12.7. The zero-order valence-electron chi connectivity index (χ0n) is 13.8. The van der Waals surface area contributed by atoms with Crippen molar-refractivity contribution in [3.05, 3.63) is 33.9 Å². The van der Waals surface area contributed by atoms with Gasteiger partial charge in [-0.2, -0.15) is 17.0 Å². The van der Waals surface area contributed by atoms with E-state index in [0.717, 1.165) is 15.6 Å². The van der Waals surface area contributed by atoms with Crippen LogP contribution in [0.25, 0.3) is 10.9 Å². The Balaban J connectivity index is 2.60. The van der Waals surface area contributed by atoms with E-state index in [1.807, 2.05) is 12.1 Å². The number of aliphatic hydroxyl groups is 1. The number of nitriles is 1. The fourth-order valence-corrected chi connectivity index (χ4v) is 3.49. The molecule has 1 heterocycles. The Morgan fingerprint density at radius 3 is 2.71 bits per heavy atom. The lowest BCUT2D eigenvalue weighted by atomic mass is 10.1. The van der Waals surface area contributed by atoms with Crippen LogP contribution in [0.4, 0.5) is 4.79 Å². The minimum atomic E-state index is -0.634. The molecule has 1 aromatic carbocycles. The van der Waals surface area contributed by atoms with Crippen LogP contribution in [-0.4, -0.2) is 33.7 Å². The quantitative estimate of drug-likeness (QED) is 0.760. The SMILES string of the molecule is CC(C)(C)OC(=O)n1c(CSCCO)cc2cc(Br)cc(C#N)c21. The molecule has 0 aliphatic carbocycles. The summed E-state index contributed by atoms with van der Waals surface area (Å²) in [5, 5.41) is 19.2. The van der Waals surface area contributed by atoms with Crippen LogP contribution in [0, 0.1) is 11.3 Å². The van der Waals surface area contributed by atoms with Crippen LogP contribution in [0.15, 0.2) is 22.7 Å². The maximum Gasteiger partial charge on any atom is 0.419 e. The zero-order valence-corrected chi connectivity index (χ0v) is 16.2. The number of hydrogen-bond acceptors (Lipinski definition) is 5. The molecule has 128 valence electrons. The molecule has 1 N–H and O–H groups in total. The molecule has 2 rings (SSSR count). The van der Waals surface area contributed by atoms with Crippen molar-refractivity contribution in [3.8, 4) is 6.07 Å². The summed E-state index contributed by atoms with van der Waals surface area (Å²) in [6.07, 6.45) is -0.504. The van der Waals surface area contributed by atoms with Gasteiger partial charge in [0.05, 0.1) is 17.7 Å². The van der Waals surface area contributed by atoms with Crippen molar-refractivity contribution in [1.29, 1.82) is 5.26 Å². The summed E-state index contributed by atoms with van der Waals surface area (Å²) >= 11 is 4.91. The molecule has 5 nitrogen and oxygen atoms in total. The standard InChI is InChI=1S/C17H19BrN2O3S/c1-17(2,3)23-16(22)20-14(10-24-5-4-21)8-11-6-13(18)7-12(9-19)15(11)20/h6-8,21H,4-5,10H2,1-3H3. The fraction of sp³-hybridized carbons (Fsp3) is 0.412. The molecule has 0 fully saturated rings. The predicted octanol–water partition coefficient (Wildman–Crippen LogP) is 4.28. The first kappa shape index (κ1) is 18.8. The Labute approximate surface area is 153 Å². The summed E-state index contributed by atoms with van der Waals surface area (Å²) in [5.41, 5.74) is 1.07. The minimum absolute atomic E-state index is 0.0757. The second kappa shape index (κ2) is 7.60. The largest absolute Gasteiger partial charge is 0.443 e. The van der Waals surface area contributed by atoms with Crippen LogP contribution in [0.5, 0.6) is 0 Å². The van der Waals surface area contributed by atoms with Gasteiger partial charge < -0.3 is 9.84 Å². The van der Waals surface area contributed by atoms with Crippen molar-refractivity contribution in [2.75, 3.05) is 12.4 Å². The highest BCUT2D eigenvalue weighted by molar-refractivity contribution is 9.10. The summed E-state index contributed by atoms with van der Waals surface area (Å²) < 4.78 is 7.76. The topological polar surface area (TPSA) is 75.2 Å². The molecule has 7 heteroatoms. The molecule has 0 radical (unpaired) electrons. The first-order chi connectivity index (χ1) is 11.3. The lowest BCUT2D eigenvalue weighted by Crippen LogP contribution is -2.28. The number of thioether (sulfide) groups is 1. The van der Waals surface area contributed by atoms with E-state index in [1.54, 1.807) is 26.8 Å². The van der Waals surface area contributed by atoms with Gasteiger partial charge in [-0.1, -0.05) is 15.9 Å². The number of nitrogens with zero attached hydrogens (tertiary/aromatic N) is 2. The predicted molar refractivity (Wildman–Crippen MR) is 99.2 cm³/mol. The Morgan fingerprint density at radius 1 is 1.42 bits per heavy atom. The normalized spacial score (nSPS) is 11.5. The Bertz CT molecular complexity index is 803. The third-order valence-corrected chi connectivity index (χ3v) is 4.55. The van der Waals surface area contributed by atoms with Crippen LogP contribution < -0.4 is 0 Å². The Kier molecular flexibility index (Phi) is 5.97. The first-order valence-corrected chi connectivity index (χ1v) is 9.37. The van der Waals surface area contributed by atoms with Gasteiger partial charge in [-0.25, -0.2) is 9.36 Å². The smallest absolute Gasteiger partial charge is 0.419 e. The lowest BCUT2D eigenvalue weighted by molar-refractivity contribution is 0.0541. The average molecular weight is 411 g/mol. The van der Waals surface area contributed by atoms with Gasteiger partial charge in [0.15, 0.2) is 0 Å². The van der Waals surface area contributed by atoms with Gasteiger partial charge in [0, 0.05) is 27.1 Å². The highest BCUT2D eigenvalue weighted by Gasteiger charge is 2.23. The monoisotopic (exact) mass is 410 g/mol. The summed E-state index contributed by atoms with van der Waals surface area (Å²) in [6, 6.07) is 7.59. The highest BCUT2D eigenvalue weighted by atomic mass is 79.9. The van der Waals surface area contributed by atoms with Crippen LogP contribution in [-0.2, 0) is 10.5 Å². The van der Waals surface area contributed by atoms with E-state index in [2.05, 4.69) is 22.0 Å².